The lowest BCUT2D eigenvalue weighted by molar-refractivity contribution is 0.0536. The van der Waals surface area contributed by atoms with Crippen LogP contribution in [0.2, 0.25) is 0 Å². The van der Waals surface area contributed by atoms with E-state index in [9.17, 15) is 0 Å². The normalized spacial score (nSPS) is 16.5. The maximum atomic E-state index is 5.95. The number of rotatable bonds is 4. The largest absolute Gasteiger partial charge is 0.376 e. The zero-order valence-corrected chi connectivity index (χ0v) is 11.3. The number of anilines is 1. The van der Waals surface area contributed by atoms with Gasteiger partial charge in [0.25, 0.3) is 0 Å². The number of pyridine rings is 1. The fourth-order valence-electron chi connectivity index (χ4n) is 2.70. The monoisotopic (exact) mass is 260 g/mol. The van der Waals surface area contributed by atoms with Crippen molar-refractivity contribution in [3.05, 3.63) is 17.8 Å². The van der Waals surface area contributed by atoms with Crippen LogP contribution in [0.1, 0.15) is 31.4 Å². The molecule has 0 atom stereocenters. The molecule has 0 aliphatic heterocycles. The van der Waals surface area contributed by atoms with Crippen LogP contribution in [0, 0.1) is 6.92 Å². The molecule has 1 aliphatic carbocycles. The minimum absolute atomic E-state index is 0.436. The third-order valence-electron chi connectivity index (χ3n) is 3.73. The Morgan fingerprint density at radius 1 is 1.32 bits per heavy atom. The number of fused-ring (bicyclic) bond motifs is 1. The van der Waals surface area contributed by atoms with Crippen LogP contribution in [0.25, 0.3) is 11.2 Å². The van der Waals surface area contributed by atoms with Gasteiger partial charge < -0.3 is 10.5 Å². The SMILES string of the molecule is Cc1ccc2nc(N)n(CCOC3CCCC3)c2n1. The molecular formula is C14H20N4O. The molecule has 102 valence electrons. The van der Waals surface area contributed by atoms with Crippen LogP contribution in [0.5, 0.6) is 0 Å². The second-order valence-electron chi connectivity index (χ2n) is 5.19. The van der Waals surface area contributed by atoms with E-state index in [1.54, 1.807) is 0 Å². The molecule has 0 bridgehead atoms. The van der Waals surface area contributed by atoms with Gasteiger partial charge in [0.2, 0.25) is 5.95 Å². The lowest BCUT2D eigenvalue weighted by Crippen LogP contribution is -2.14. The predicted molar refractivity (Wildman–Crippen MR) is 74.9 cm³/mol. The molecule has 0 spiro atoms. The molecule has 2 N–H and O–H groups in total. The van der Waals surface area contributed by atoms with E-state index in [0.717, 1.165) is 23.4 Å². The average Bonchev–Trinajstić information content (AvgIpc) is 2.99. The Kier molecular flexibility index (Phi) is 3.38. The molecule has 3 rings (SSSR count). The third-order valence-corrected chi connectivity index (χ3v) is 3.73. The second kappa shape index (κ2) is 5.17. The molecule has 1 fully saturated rings. The molecule has 0 saturated heterocycles. The summed E-state index contributed by atoms with van der Waals surface area (Å²) in [5.41, 5.74) is 8.64. The Bertz CT molecular complexity index is 572. The molecule has 19 heavy (non-hydrogen) atoms. The Morgan fingerprint density at radius 3 is 2.89 bits per heavy atom. The van der Waals surface area contributed by atoms with Gasteiger partial charge in [-0.15, -0.1) is 0 Å². The molecule has 2 aromatic heterocycles. The summed E-state index contributed by atoms with van der Waals surface area (Å²) in [7, 11) is 0. The Hall–Kier alpha value is -1.62. The van der Waals surface area contributed by atoms with Crippen LogP contribution < -0.4 is 5.73 Å². The number of hydrogen-bond donors (Lipinski definition) is 1. The topological polar surface area (TPSA) is 66.0 Å². The van der Waals surface area contributed by atoms with Gasteiger partial charge in [0.15, 0.2) is 5.65 Å². The van der Waals surface area contributed by atoms with E-state index < -0.39 is 0 Å². The van der Waals surface area contributed by atoms with E-state index in [4.69, 9.17) is 10.5 Å². The summed E-state index contributed by atoms with van der Waals surface area (Å²) in [6, 6.07) is 3.91. The summed E-state index contributed by atoms with van der Waals surface area (Å²) in [5, 5.41) is 0. The number of nitrogen functional groups attached to an aromatic ring is 1. The number of aromatic nitrogens is 3. The minimum atomic E-state index is 0.436. The quantitative estimate of drug-likeness (QED) is 0.916. The number of imidazole rings is 1. The zero-order valence-electron chi connectivity index (χ0n) is 11.3. The summed E-state index contributed by atoms with van der Waals surface area (Å²) in [5.74, 6) is 0.517. The fraction of sp³-hybridized carbons (Fsp3) is 0.571. The van der Waals surface area contributed by atoms with Gasteiger partial charge in [-0.05, 0) is 31.9 Å². The van der Waals surface area contributed by atoms with Crippen LogP contribution in [-0.4, -0.2) is 27.2 Å². The Labute approximate surface area is 112 Å². The lowest BCUT2D eigenvalue weighted by Gasteiger charge is -2.12. The van der Waals surface area contributed by atoms with Gasteiger partial charge in [-0.1, -0.05) is 12.8 Å². The second-order valence-corrected chi connectivity index (χ2v) is 5.19. The van der Waals surface area contributed by atoms with Crippen LogP contribution in [0.15, 0.2) is 12.1 Å². The van der Waals surface area contributed by atoms with E-state index in [1.807, 2.05) is 23.6 Å². The molecule has 0 aromatic carbocycles. The van der Waals surface area contributed by atoms with Gasteiger partial charge in [-0.3, -0.25) is 4.57 Å². The van der Waals surface area contributed by atoms with Crippen molar-refractivity contribution in [2.24, 2.45) is 0 Å². The number of nitrogens with two attached hydrogens (primary N) is 1. The molecule has 0 amide bonds. The number of nitrogens with zero attached hydrogens (tertiary/aromatic N) is 3. The first-order valence-electron chi connectivity index (χ1n) is 6.95. The molecule has 1 aliphatic rings. The van der Waals surface area contributed by atoms with E-state index in [2.05, 4.69) is 9.97 Å². The third kappa shape index (κ3) is 2.56. The maximum Gasteiger partial charge on any atom is 0.202 e. The van der Waals surface area contributed by atoms with Crippen molar-refractivity contribution in [2.75, 3.05) is 12.3 Å². The van der Waals surface area contributed by atoms with Crippen LogP contribution >= 0.6 is 0 Å². The first-order valence-corrected chi connectivity index (χ1v) is 6.95. The first-order chi connectivity index (χ1) is 9.24. The highest BCUT2D eigenvalue weighted by atomic mass is 16.5. The number of ether oxygens (including phenoxy) is 1. The maximum absolute atomic E-state index is 5.95. The van der Waals surface area contributed by atoms with Crippen LogP contribution in [0.3, 0.4) is 0 Å². The van der Waals surface area contributed by atoms with Gasteiger partial charge in [0, 0.05) is 5.69 Å². The fourth-order valence-corrected chi connectivity index (χ4v) is 2.70. The highest BCUT2D eigenvalue weighted by Gasteiger charge is 2.16. The lowest BCUT2D eigenvalue weighted by atomic mass is 10.3. The summed E-state index contributed by atoms with van der Waals surface area (Å²) in [6.45, 7) is 3.37. The van der Waals surface area contributed by atoms with Gasteiger partial charge in [-0.2, -0.15) is 0 Å². The molecular weight excluding hydrogens is 240 g/mol. The molecule has 0 radical (unpaired) electrons. The molecule has 5 nitrogen and oxygen atoms in total. The van der Waals surface area contributed by atoms with E-state index in [-0.39, 0.29) is 0 Å². The van der Waals surface area contributed by atoms with Crippen LogP contribution in [0.4, 0.5) is 5.95 Å². The van der Waals surface area contributed by atoms with E-state index in [0.29, 0.717) is 18.7 Å². The summed E-state index contributed by atoms with van der Waals surface area (Å²) in [6.07, 6.45) is 5.41. The zero-order chi connectivity index (χ0) is 13.2. The molecule has 2 aromatic rings. The number of hydrogen-bond acceptors (Lipinski definition) is 4. The van der Waals surface area contributed by atoms with Crippen molar-refractivity contribution < 1.29 is 4.74 Å². The summed E-state index contributed by atoms with van der Waals surface area (Å²) in [4.78, 5) is 8.84. The predicted octanol–water partition coefficient (Wildman–Crippen LogP) is 2.28. The number of aryl methyl sites for hydroxylation is 1. The summed E-state index contributed by atoms with van der Waals surface area (Å²) < 4.78 is 7.82. The van der Waals surface area contributed by atoms with Crippen molar-refractivity contribution in [2.45, 2.75) is 45.3 Å². The van der Waals surface area contributed by atoms with Crippen molar-refractivity contribution in [1.82, 2.24) is 14.5 Å². The molecule has 2 heterocycles. The van der Waals surface area contributed by atoms with Crippen molar-refractivity contribution >= 4 is 17.1 Å². The van der Waals surface area contributed by atoms with Crippen molar-refractivity contribution in [1.29, 1.82) is 0 Å². The highest BCUT2D eigenvalue weighted by Crippen LogP contribution is 2.21. The molecule has 5 heteroatoms. The van der Waals surface area contributed by atoms with Gasteiger partial charge in [0.05, 0.1) is 19.3 Å². The Morgan fingerprint density at radius 2 is 2.11 bits per heavy atom. The van der Waals surface area contributed by atoms with E-state index in [1.165, 1.54) is 25.7 Å². The Balaban J connectivity index is 1.72. The molecule has 0 unspecified atom stereocenters. The first kappa shape index (κ1) is 12.4. The average molecular weight is 260 g/mol. The van der Waals surface area contributed by atoms with Crippen molar-refractivity contribution in [3.63, 3.8) is 0 Å². The van der Waals surface area contributed by atoms with Gasteiger partial charge in [0.1, 0.15) is 5.52 Å². The molecule has 1 saturated carbocycles. The van der Waals surface area contributed by atoms with Gasteiger partial charge >= 0.3 is 0 Å². The minimum Gasteiger partial charge on any atom is -0.376 e. The van der Waals surface area contributed by atoms with E-state index >= 15 is 0 Å². The van der Waals surface area contributed by atoms with Crippen LogP contribution in [-0.2, 0) is 11.3 Å². The van der Waals surface area contributed by atoms with Gasteiger partial charge in [-0.25, -0.2) is 9.97 Å². The van der Waals surface area contributed by atoms with Crippen molar-refractivity contribution in [3.8, 4) is 0 Å². The smallest absolute Gasteiger partial charge is 0.202 e. The summed E-state index contributed by atoms with van der Waals surface area (Å²) >= 11 is 0. The highest BCUT2D eigenvalue weighted by molar-refractivity contribution is 5.74. The standard InChI is InChI=1S/C14H20N4O/c1-10-6-7-12-13(16-10)18(14(15)17-12)8-9-19-11-4-2-3-5-11/h6-7,11H,2-5,8-9H2,1H3,(H2,15,17).